The highest BCUT2D eigenvalue weighted by molar-refractivity contribution is 7.89. The van der Waals surface area contributed by atoms with E-state index in [0.717, 1.165) is 19.5 Å². The Morgan fingerprint density at radius 2 is 1.76 bits per heavy atom. The minimum absolute atomic E-state index is 0.0447. The number of primary sulfonamides is 1. The van der Waals surface area contributed by atoms with E-state index < -0.39 is 16.0 Å². The predicted molar refractivity (Wildman–Crippen MR) is 63.1 cm³/mol. The molecular weight excluding hydrogens is 246 g/mol. The van der Waals surface area contributed by atoms with E-state index in [1.807, 2.05) is 9.80 Å². The Balaban J connectivity index is 2.34. The molecule has 100 valence electrons. The first-order chi connectivity index (χ1) is 7.87. The standard InChI is InChI=1S/C9H19N3O4S/c10-17(15,16)7-6-11-2-1-3-12(5-4-11)8-9(13)14/h1-8H2,(H,13,14)(H2,10,15,16). The van der Waals surface area contributed by atoms with Crippen LogP contribution in [-0.4, -0.2) is 74.3 Å². The van der Waals surface area contributed by atoms with E-state index >= 15 is 0 Å². The Hall–Kier alpha value is -0.700. The fraction of sp³-hybridized carbons (Fsp3) is 0.889. The van der Waals surface area contributed by atoms with Gasteiger partial charge in [0.05, 0.1) is 12.3 Å². The molecule has 0 amide bonds. The van der Waals surface area contributed by atoms with Gasteiger partial charge >= 0.3 is 5.97 Å². The third-order valence-electron chi connectivity index (χ3n) is 2.73. The number of rotatable bonds is 5. The van der Waals surface area contributed by atoms with Crippen molar-refractivity contribution in [1.29, 1.82) is 0 Å². The van der Waals surface area contributed by atoms with E-state index in [9.17, 15) is 13.2 Å². The van der Waals surface area contributed by atoms with Crippen LogP contribution in [0.15, 0.2) is 0 Å². The number of carboxylic acids is 1. The summed E-state index contributed by atoms with van der Waals surface area (Å²) in [6.45, 7) is 3.31. The quantitative estimate of drug-likeness (QED) is 0.618. The van der Waals surface area contributed by atoms with Crippen molar-refractivity contribution in [2.24, 2.45) is 5.14 Å². The number of nitrogens with zero attached hydrogens (tertiary/aromatic N) is 2. The van der Waals surface area contributed by atoms with Gasteiger partial charge in [-0.15, -0.1) is 0 Å². The Kier molecular flexibility index (Phi) is 5.31. The number of hydrogen-bond donors (Lipinski definition) is 2. The molecule has 1 rings (SSSR count). The van der Waals surface area contributed by atoms with Crippen LogP contribution in [0.5, 0.6) is 0 Å². The molecule has 1 heterocycles. The maximum atomic E-state index is 10.8. The average molecular weight is 265 g/mol. The second-order valence-corrected chi connectivity index (χ2v) is 5.97. The second-order valence-electron chi connectivity index (χ2n) is 4.23. The molecule has 0 aromatic carbocycles. The fourth-order valence-corrected chi connectivity index (χ4v) is 2.37. The first kappa shape index (κ1) is 14.4. The van der Waals surface area contributed by atoms with Crippen LogP contribution < -0.4 is 5.14 Å². The molecule has 8 heteroatoms. The van der Waals surface area contributed by atoms with Gasteiger partial charge in [-0.2, -0.15) is 0 Å². The van der Waals surface area contributed by atoms with Gasteiger partial charge in [0.2, 0.25) is 10.0 Å². The van der Waals surface area contributed by atoms with Crippen molar-refractivity contribution in [2.45, 2.75) is 6.42 Å². The molecule has 0 atom stereocenters. The van der Waals surface area contributed by atoms with Gasteiger partial charge in [0, 0.05) is 26.2 Å². The molecule has 0 saturated carbocycles. The highest BCUT2D eigenvalue weighted by Gasteiger charge is 2.17. The summed E-state index contributed by atoms with van der Waals surface area (Å²) < 4.78 is 21.7. The lowest BCUT2D eigenvalue weighted by Gasteiger charge is -2.20. The molecule has 0 aliphatic carbocycles. The summed E-state index contributed by atoms with van der Waals surface area (Å²) in [5, 5.41) is 13.6. The van der Waals surface area contributed by atoms with E-state index in [4.69, 9.17) is 10.2 Å². The molecule has 0 unspecified atom stereocenters. The molecule has 1 aliphatic heterocycles. The van der Waals surface area contributed by atoms with E-state index in [2.05, 4.69) is 0 Å². The van der Waals surface area contributed by atoms with Crippen molar-refractivity contribution < 1.29 is 18.3 Å². The lowest BCUT2D eigenvalue weighted by atomic mass is 10.4. The van der Waals surface area contributed by atoms with Crippen molar-refractivity contribution in [1.82, 2.24) is 9.80 Å². The van der Waals surface area contributed by atoms with Gasteiger partial charge in [-0.05, 0) is 13.0 Å². The molecule has 1 fully saturated rings. The SMILES string of the molecule is NS(=O)(=O)CCN1CCCN(CC(=O)O)CC1. The van der Waals surface area contributed by atoms with E-state index in [1.54, 1.807) is 0 Å². The Labute approximate surface area is 101 Å². The zero-order valence-corrected chi connectivity index (χ0v) is 10.5. The highest BCUT2D eigenvalue weighted by Crippen LogP contribution is 2.02. The van der Waals surface area contributed by atoms with Crippen LogP contribution in [0.1, 0.15) is 6.42 Å². The molecule has 0 bridgehead atoms. The minimum atomic E-state index is -3.42. The summed E-state index contributed by atoms with van der Waals surface area (Å²) in [4.78, 5) is 14.4. The molecule has 17 heavy (non-hydrogen) atoms. The van der Waals surface area contributed by atoms with Crippen molar-refractivity contribution in [2.75, 3.05) is 45.0 Å². The highest BCUT2D eigenvalue weighted by atomic mass is 32.2. The predicted octanol–water partition coefficient (Wildman–Crippen LogP) is -1.63. The number of aliphatic carboxylic acids is 1. The fourth-order valence-electron chi connectivity index (χ4n) is 1.85. The smallest absolute Gasteiger partial charge is 0.317 e. The first-order valence-electron chi connectivity index (χ1n) is 5.54. The maximum Gasteiger partial charge on any atom is 0.317 e. The molecule has 1 saturated heterocycles. The van der Waals surface area contributed by atoms with Gasteiger partial charge in [-0.3, -0.25) is 9.69 Å². The molecular formula is C9H19N3O4S. The Bertz CT molecular complexity index is 357. The van der Waals surface area contributed by atoms with Crippen molar-refractivity contribution in [3.05, 3.63) is 0 Å². The summed E-state index contributed by atoms with van der Waals surface area (Å²) in [6, 6.07) is 0. The van der Waals surface area contributed by atoms with Crippen LogP contribution in [0, 0.1) is 0 Å². The monoisotopic (exact) mass is 265 g/mol. The maximum absolute atomic E-state index is 10.8. The lowest BCUT2D eigenvalue weighted by molar-refractivity contribution is -0.138. The van der Waals surface area contributed by atoms with E-state index in [-0.39, 0.29) is 12.3 Å². The molecule has 0 aromatic heterocycles. The van der Waals surface area contributed by atoms with Crippen LogP contribution in [0.2, 0.25) is 0 Å². The van der Waals surface area contributed by atoms with Crippen molar-refractivity contribution >= 4 is 16.0 Å². The molecule has 3 N–H and O–H groups in total. The van der Waals surface area contributed by atoms with Gasteiger partial charge in [0.1, 0.15) is 0 Å². The molecule has 0 radical (unpaired) electrons. The van der Waals surface area contributed by atoms with Crippen LogP contribution in [0.25, 0.3) is 0 Å². The van der Waals surface area contributed by atoms with Crippen LogP contribution in [-0.2, 0) is 14.8 Å². The molecule has 0 aromatic rings. The number of carbonyl (C=O) groups is 1. The van der Waals surface area contributed by atoms with Crippen LogP contribution >= 0.6 is 0 Å². The summed E-state index contributed by atoms with van der Waals surface area (Å²) in [7, 11) is -3.42. The topological polar surface area (TPSA) is 104 Å². The summed E-state index contributed by atoms with van der Waals surface area (Å²) >= 11 is 0. The number of sulfonamides is 1. The van der Waals surface area contributed by atoms with Crippen LogP contribution in [0.3, 0.4) is 0 Å². The zero-order valence-electron chi connectivity index (χ0n) is 9.71. The normalized spacial score (nSPS) is 20.1. The molecule has 1 aliphatic rings. The van der Waals surface area contributed by atoms with Crippen LogP contribution in [0.4, 0.5) is 0 Å². The minimum Gasteiger partial charge on any atom is -0.480 e. The summed E-state index contributed by atoms with van der Waals surface area (Å²) in [5.74, 6) is -0.880. The van der Waals surface area contributed by atoms with Gasteiger partial charge in [-0.25, -0.2) is 13.6 Å². The van der Waals surface area contributed by atoms with Gasteiger partial charge < -0.3 is 10.0 Å². The molecule has 0 spiro atoms. The number of hydrogen-bond acceptors (Lipinski definition) is 5. The van der Waals surface area contributed by atoms with Gasteiger partial charge in [0.15, 0.2) is 0 Å². The Morgan fingerprint density at radius 3 is 2.35 bits per heavy atom. The molecule has 7 nitrogen and oxygen atoms in total. The van der Waals surface area contributed by atoms with Gasteiger partial charge in [0.25, 0.3) is 0 Å². The summed E-state index contributed by atoms with van der Waals surface area (Å²) in [6.07, 6.45) is 0.845. The largest absolute Gasteiger partial charge is 0.480 e. The zero-order chi connectivity index (χ0) is 12.9. The second kappa shape index (κ2) is 6.29. The van der Waals surface area contributed by atoms with Gasteiger partial charge in [-0.1, -0.05) is 0 Å². The van der Waals surface area contributed by atoms with Crippen molar-refractivity contribution in [3.8, 4) is 0 Å². The first-order valence-corrected chi connectivity index (χ1v) is 7.25. The van der Waals surface area contributed by atoms with E-state index in [0.29, 0.717) is 19.6 Å². The number of carboxylic acid groups (broad SMARTS) is 1. The average Bonchev–Trinajstić information content (AvgIpc) is 2.38. The summed E-state index contributed by atoms with van der Waals surface area (Å²) in [5.41, 5.74) is 0. The third-order valence-corrected chi connectivity index (χ3v) is 3.48. The number of nitrogens with two attached hydrogens (primary N) is 1. The lowest BCUT2D eigenvalue weighted by Crippen LogP contribution is -2.36. The van der Waals surface area contributed by atoms with E-state index in [1.165, 1.54) is 0 Å². The third kappa shape index (κ3) is 6.57. The Morgan fingerprint density at radius 1 is 1.18 bits per heavy atom. The van der Waals surface area contributed by atoms with Crippen molar-refractivity contribution in [3.63, 3.8) is 0 Å².